The molecule has 1 N–H and O–H groups in total. The lowest BCUT2D eigenvalue weighted by Gasteiger charge is -2.23. The first-order valence-corrected chi connectivity index (χ1v) is 10.1. The number of ketones is 1. The summed E-state index contributed by atoms with van der Waals surface area (Å²) in [6.45, 7) is -0.413. The topological polar surface area (TPSA) is 74.7 Å². The quantitative estimate of drug-likeness (QED) is 0.872. The lowest BCUT2D eigenvalue weighted by Crippen LogP contribution is -2.25. The van der Waals surface area contributed by atoms with E-state index in [2.05, 4.69) is 6.07 Å². The largest absolute Gasteiger partial charge is 0.389 e. The van der Waals surface area contributed by atoms with Crippen molar-refractivity contribution >= 4 is 15.8 Å². The van der Waals surface area contributed by atoms with E-state index in [1.807, 2.05) is 18.2 Å². The minimum atomic E-state index is -3.49. The van der Waals surface area contributed by atoms with E-state index >= 15 is 0 Å². The van der Waals surface area contributed by atoms with Crippen LogP contribution in [0.3, 0.4) is 0 Å². The molecule has 0 spiro atoms. The summed E-state index contributed by atoms with van der Waals surface area (Å²) in [5.41, 5.74) is 4.07. The zero-order valence-corrected chi connectivity index (χ0v) is 15.8. The van der Waals surface area contributed by atoms with Gasteiger partial charge in [-0.3, -0.25) is 4.79 Å². The summed E-state index contributed by atoms with van der Waals surface area (Å²) in [4.78, 5) is 12.1. The van der Waals surface area contributed by atoms with E-state index in [-0.39, 0.29) is 16.6 Å². The van der Waals surface area contributed by atoms with Gasteiger partial charge in [0.1, 0.15) is 6.61 Å². The SMILES string of the molecule is CN(C)S(=O)(=O)c1cccc(-c2ccc3c(c2)CC(C(=O)CO)CC3)c1. The Morgan fingerprint density at radius 2 is 1.85 bits per heavy atom. The molecular formula is C20H23NO4S. The molecule has 0 aliphatic heterocycles. The first kappa shape index (κ1) is 18.8. The molecule has 0 radical (unpaired) electrons. The van der Waals surface area contributed by atoms with Crippen LogP contribution in [0.4, 0.5) is 0 Å². The first-order valence-electron chi connectivity index (χ1n) is 8.61. The highest BCUT2D eigenvalue weighted by molar-refractivity contribution is 7.89. The monoisotopic (exact) mass is 373 g/mol. The highest BCUT2D eigenvalue weighted by Crippen LogP contribution is 2.31. The molecule has 0 bridgehead atoms. The Kier molecular flexibility index (Phi) is 5.27. The molecule has 1 aliphatic rings. The number of sulfonamides is 1. The lowest BCUT2D eigenvalue weighted by atomic mass is 9.81. The fraction of sp³-hybridized carbons (Fsp3) is 0.350. The van der Waals surface area contributed by atoms with Crippen LogP contribution in [0.1, 0.15) is 17.5 Å². The van der Waals surface area contributed by atoms with E-state index < -0.39 is 16.6 Å². The molecule has 26 heavy (non-hydrogen) atoms. The van der Waals surface area contributed by atoms with E-state index in [0.29, 0.717) is 6.42 Å². The zero-order chi connectivity index (χ0) is 18.9. The Morgan fingerprint density at radius 3 is 2.54 bits per heavy atom. The van der Waals surface area contributed by atoms with Crippen LogP contribution < -0.4 is 0 Å². The third-order valence-electron chi connectivity index (χ3n) is 4.99. The summed E-state index contributed by atoms with van der Waals surface area (Å²) < 4.78 is 25.9. The molecular weight excluding hydrogens is 350 g/mol. The molecule has 3 rings (SSSR count). The maximum Gasteiger partial charge on any atom is 0.242 e. The van der Waals surface area contributed by atoms with Gasteiger partial charge in [-0.15, -0.1) is 0 Å². The minimum Gasteiger partial charge on any atom is -0.389 e. The molecule has 0 saturated heterocycles. The summed E-state index contributed by atoms with van der Waals surface area (Å²) in [5, 5.41) is 9.11. The number of carbonyl (C=O) groups excluding carboxylic acids is 1. The standard InChI is InChI=1S/C20H23NO4S/c1-21(2)26(24,25)19-5-3-4-15(12-19)16-8-6-14-7-9-17(20(23)13-22)11-18(14)10-16/h3-6,8,10,12,17,22H,7,9,11,13H2,1-2H3. The van der Waals surface area contributed by atoms with E-state index in [1.54, 1.807) is 18.2 Å². The van der Waals surface area contributed by atoms with Crippen LogP contribution in [0.25, 0.3) is 11.1 Å². The predicted molar refractivity (Wildman–Crippen MR) is 100 cm³/mol. The summed E-state index contributed by atoms with van der Waals surface area (Å²) in [5.74, 6) is -0.247. The Morgan fingerprint density at radius 1 is 1.12 bits per heavy atom. The van der Waals surface area contributed by atoms with Crippen molar-refractivity contribution in [3.05, 3.63) is 53.6 Å². The molecule has 0 fully saturated rings. The molecule has 0 aromatic heterocycles. The smallest absolute Gasteiger partial charge is 0.242 e. The van der Waals surface area contributed by atoms with Crippen LogP contribution in [0, 0.1) is 5.92 Å². The van der Waals surface area contributed by atoms with Gasteiger partial charge < -0.3 is 5.11 Å². The lowest BCUT2D eigenvalue weighted by molar-refractivity contribution is -0.125. The van der Waals surface area contributed by atoms with Crippen LogP contribution in [0.5, 0.6) is 0 Å². The molecule has 0 heterocycles. The Labute approximate surface area is 154 Å². The molecule has 0 saturated carbocycles. The number of fused-ring (bicyclic) bond motifs is 1. The van der Waals surface area contributed by atoms with Gasteiger partial charge in [-0.1, -0.05) is 30.3 Å². The van der Waals surface area contributed by atoms with Crippen molar-refractivity contribution in [3.8, 4) is 11.1 Å². The van der Waals surface area contributed by atoms with Gasteiger partial charge in [0.15, 0.2) is 5.78 Å². The molecule has 2 aromatic rings. The second-order valence-corrected chi connectivity index (χ2v) is 9.01. The van der Waals surface area contributed by atoms with Crippen LogP contribution in [0.15, 0.2) is 47.4 Å². The van der Waals surface area contributed by atoms with Crippen LogP contribution >= 0.6 is 0 Å². The molecule has 2 aromatic carbocycles. The van der Waals surface area contributed by atoms with Crippen LogP contribution in [-0.4, -0.2) is 44.3 Å². The minimum absolute atomic E-state index is 0.111. The van der Waals surface area contributed by atoms with Crippen LogP contribution in [0.2, 0.25) is 0 Å². The molecule has 1 unspecified atom stereocenters. The van der Waals surface area contributed by atoms with Gasteiger partial charge in [0.25, 0.3) is 0 Å². The summed E-state index contributed by atoms with van der Waals surface area (Å²) in [6, 6.07) is 13.0. The zero-order valence-electron chi connectivity index (χ0n) is 15.0. The van der Waals surface area contributed by atoms with Crippen molar-refractivity contribution in [3.63, 3.8) is 0 Å². The summed E-state index contributed by atoms with van der Waals surface area (Å²) >= 11 is 0. The number of nitrogens with zero attached hydrogens (tertiary/aromatic N) is 1. The van der Waals surface area contributed by atoms with Gasteiger partial charge >= 0.3 is 0 Å². The number of aliphatic hydroxyl groups is 1. The summed E-state index contributed by atoms with van der Waals surface area (Å²) in [6.07, 6.45) is 2.21. The summed E-state index contributed by atoms with van der Waals surface area (Å²) in [7, 11) is -0.461. The third kappa shape index (κ3) is 3.58. The Balaban J connectivity index is 1.96. The van der Waals surface area contributed by atoms with E-state index in [0.717, 1.165) is 29.5 Å². The van der Waals surface area contributed by atoms with E-state index in [4.69, 9.17) is 5.11 Å². The average Bonchev–Trinajstić information content (AvgIpc) is 2.66. The number of benzene rings is 2. The maximum atomic E-state index is 12.4. The molecule has 0 amide bonds. The van der Waals surface area contributed by atoms with Crippen molar-refractivity contribution in [2.24, 2.45) is 5.92 Å². The fourth-order valence-corrected chi connectivity index (χ4v) is 4.34. The number of rotatable bonds is 5. The van der Waals surface area contributed by atoms with Crippen molar-refractivity contribution in [2.75, 3.05) is 20.7 Å². The van der Waals surface area contributed by atoms with Gasteiger partial charge in [0, 0.05) is 20.0 Å². The molecule has 1 aliphatic carbocycles. The normalized spacial score (nSPS) is 17.2. The number of hydrogen-bond acceptors (Lipinski definition) is 4. The highest BCUT2D eigenvalue weighted by Gasteiger charge is 2.24. The van der Waals surface area contributed by atoms with E-state index in [9.17, 15) is 13.2 Å². The second kappa shape index (κ2) is 7.31. The second-order valence-electron chi connectivity index (χ2n) is 6.86. The van der Waals surface area contributed by atoms with Gasteiger partial charge in [-0.2, -0.15) is 0 Å². The number of carbonyl (C=O) groups is 1. The molecule has 138 valence electrons. The van der Waals surface area contributed by atoms with Crippen molar-refractivity contribution in [2.45, 2.75) is 24.2 Å². The molecule has 5 nitrogen and oxygen atoms in total. The predicted octanol–water partition coefficient (Wildman–Crippen LogP) is 2.27. The van der Waals surface area contributed by atoms with Gasteiger partial charge in [0.2, 0.25) is 10.0 Å². The number of aliphatic hydroxyl groups excluding tert-OH is 1. The van der Waals surface area contributed by atoms with Gasteiger partial charge in [-0.25, -0.2) is 12.7 Å². The molecule has 1 atom stereocenters. The van der Waals surface area contributed by atoms with Crippen molar-refractivity contribution in [1.29, 1.82) is 0 Å². The third-order valence-corrected chi connectivity index (χ3v) is 6.80. The average molecular weight is 373 g/mol. The number of hydrogen-bond donors (Lipinski definition) is 1. The number of aryl methyl sites for hydroxylation is 1. The Bertz CT molecular complexity index is 935. The fourth-order valence-electron chi connectivity index (χ4n) is 3.39. The molecule has 6 heteroatoms. The Hall–Kier alpha value is -2.02. The van der Waals surface area contributed by atoms with Gasteiger partial charge in [0.05, 0.1) is 4.90 Å². The van der Waals surface area contributed by atoms with Crippen LogP contribution in [-0.2, 0) is 27.7 Å². The van der Waals surface area contributed by atoms with Gasteiger partial charge in [-0.05, 0) is 53.6 Å². The van der Waals surface area contributed by atoms with Crippen molar-refractivity contribution in [1.82, 2.24) is 4.31 Å². The maximum absolute atomic E-state index is 12.4. The van der Waals surface area contributed by atoms with E-state index in [1.165, 1.54) is 24.0 Å². The highest BCUT2D eigenvalue weighted by atomic mass is 32.2. The number of Topliss-reactive ketones (excluding diaryl/α,β-unsaturated/α-hetero) is 1. The van der Waals surface area contributed by atoms with Crippen molar-refractivity contribution < 1.29 is 18.3 Å². The first-order chi connectivity index (χ1) is 12.3.